The molecule has 0 spiro atoms. The van der Waals surface area contributed by atoms with Crippen LogP contribution in [0.2, 0.25) is 0 Å². The van der Waals surface area contributed by atoms with E-state index in [9.17, 15) is 0 Å². The van der Waals surface area contributed by atoms with Crippen LogP contribution in [0.15, 0.2) is 73.3 Å². The molecule has 2 heterocycles. The van der Waals surface area contributed by atoms with E-state index in [-0.39, 0.29) is 34.0 Å². The summed E-state index contributed by atoms with van der Waals surface area (Å²) in [5.41, 5.74) is 4.63. The van der Waals surface area contributed by atoms with Gasteiger partial charge in [0.05, 0.1) is 12.8 Å². The topological polar surface area (TPSA) is 7.76 Å². The zero-order valence-electron chi connectivity index (χ0n) is 17.4. The van der Waals surface area contributed by atoms with Crippen molar-refractivity contribution >= 4 is 0 Å². The molecule has 0 saturated carbocycles. The van der Waals surface area contributed by atoms with Gasteiger partial charge in [0.1, 0.15) is 0 Å². The molecule has 4 heteroatoms. The monoisotopic (exact) mass is 524 g/mol. The highest BCUT2D eigenvalue weighted by Crippen LogP contribution is 2.02. The molecule has 3 rings (SSSR count). The van der Waals surface area contributed by atoms with Gasteiger partial charge in [0, 0.05) is 35.4 Å². The van der Waals surface area contributed by atoms with Crippen molar-refractivity contribution in [2.24, 2.45) is 0 Å². The van der Waals surface area contributed by atoms with Crippen LogP contribution in [0.1, 0.15) is 35.1 Å². The van der Waals surface area contributed by atoms with Gasteiger partial charge in [-0.05, 0) is 49.2 Å². The number of halogens is 2. The summed E-state index contributed by atoms with van der Waals surface area (Å²) in [5.74, 6) is 13.0. The molecule has 0 aliphatic carbocycles. The van der Waals surface area contributed by atoms with Gasteiger partial charge in [0.15, 0.2) is 37.9 Å². The minimum atomic E-state index is 0. The molecule has 154 valence electrons. The second-order valence-corrected chi connectivity index (χ2v) is 6.91. The van der Waals surface area contributed by atoms with E-state index in [1.165, 1.54) is 11.1 Å². The van der Waals surface area contributed by atoms with Crippen molar-refractivity contribution in [3.05, 3.63) is 95.6 Å². The Kier molecular flexibility index (Phi) is 11.8. The summed E-state index contributed by atoms with van der Waals surface area (Å²) in [7, 11) is 0. The quantitative estimate of drug-likeness (QED) is 0.269. The van der Waals surface area contributed by atoms with Crippen molar-refractivity contribution in [1.29, 1.82) is 0 Å². The average molecular weight is 526 g/mol. The zero-order chi connectivity index (χ0) is 19.6. The van der Waals surface area contributed by atoms with Crippen molar-refractivity contribution in [3.8, 4) is 23.7 Å². The maximum atomic E-state index is 3.25. The Morgan fingerprint density at radius 2 is 0.900 bits per heavy atom. The number of hydrogen-bond donors (Lipinski definition) is 0. The molecule has 30 heavy (non-hydrogen) atoms. The lowest BCUT2D eigenvalue weighted by Crippen LogP contribution is -3.00. The summed E-state index contributed by atoms with van der Waals surface area (Å²) >= 11 is 0. The minimum absolute atomic E-state index is 0. The molecule has 0 saturated heterocycles. The summed E-state index contributed by atoms with van der Waals surface area (Å²) in [4.78, 5) is 0. The first-order valence-electron chi connectivity index (χ1n) is 9.68. The van der Waals surface area contributed by atoms with Gasteiger partial charge in [-0.2, -0.15) is 0 Å². The first-order chi connectivity index (χ1) is 13.7. The first kappa shape index (κ1) is 25.6. The summed E-state index contributed by atoms with van der Waals surface area (Å²) < 4.78 is 4.32. The normalized spacial score (nSPS) is 9.13. The Balaban J connectivity index is 0.00000225. The van der Waals surface area contributed by atoms with Crippen molar-refractivity contribution in [1.82, 2.24) is 0 Å². The van der Waals surface area contributed by atoms with Crippen molar-refractivity contribution in [2.45, 2.75) is 39.8 Å². The van der Waals surface area contributed by atoms with Crippen LogP contribution < -0.4 is 43.1 Å². The molecule has 0 amide bonds. The molecule has 0 atom stereocenters. The van der Waals surface area contributed by atoms with Gasteiger partial charge in [-0.15, -0.1) is 0 Å². The van der Waals surface area contributed by atoms with E-state index in [1.54, 1.807) is 0 Å². The van der Waals surface area contributed by atoms with Crippen LogP contribution in [0, 0.1) is 37.5 Å². The first-order valence-corrected chi connectivity index (χ1v) is 9.68. The molecule has 0 N–H and O–H groups in total. The second kappa shape index (κ2) is 13.8. The Labute approximate surface area is 201 Å². The van der Waals surface area contributed by atoms with E-state index in [0.29, 0.717) is 0 Å². The van der Waals surface area contributed by atoms with Crippen LogP contribution in [0.3, 0.4) is 0 Å². The van der Waals surface area contributed by atoms with E-state index < -0.39 is 0 Å². The van der Waals surface area contributed by atoms with Gasteiger partial charge in [0.2, 0.25) is 0 Å². The second-order valence-electron chi connectivity index (χ2n) is 6.91. The molecule has 0 aliphatic rings. The highest BCUT2D eigenvalue weighted by atomic mass is 79.9. The number of hydrogen-bond acceptors (Lipinski definition) is 0. The molecule has 0 fully saturated rings. The van der Waals surface area contributed by atoms with Crippen LogP contribution in [0.5, 0.6) is 0 Å². The third-order valence-corrected chi connectivity index (χ3v) is 4.46. The molecule has 3 aromatic rings. The van der Waals surface area contributed by atoms with Crippen LogP contribution in [-0.2, 0) is 13.1 Å². The van der Waals surface area contributed by atoms with Crippen LogP contribution >= 0.6 is 0 Å². The molecule has 0 unspecified atom stereocenters. The number of benzene rings is 1. The largest absolute Gasteiger partial charge is 1.00 e. The smallest absolute Gasteiger partial charge is 0.169 e. The van der Waals surface area contributed by atoms with Crippen molar-refractivity contribution in [2.75, 3.05) is 0 Å². The lowest BCUT2D eigenvalue weighted by Gasteiger charge is -1.94. The Morgan fingerprint density at radius 3 is 1.23 bits per heavy atom. The van der Waals surface area contributed by atoms with Gasteiger partial charge >= 0.3 is 0 Å². The summed E-state index contributed by atoms with van der Waals surface area (Å²) in [6.45, 7) is 6.02. The number of rotatable bonds is 4. The van der Waals surface area contributed by atoms with Gasteiger partial charge < -0.3 is 34.0 Å². The molecule has 0 aliphatic heterocycles. The highest BCUT2D eigenvalue weighted by Gasteiger charge is 1.97. The summed E-state index contributed by atoms with van der Waals surface area (Å²) in [5, 5.41) is 0. The molecular formula is C26H26Br2N2. The van der Waals surface area contributed by atoms with Crippen molar-refractivity contribution < 1.29 is 43.1 Å². The molecule has 2 nitrogen and oxygen atoms in total. The van der Waals surface area contributed by atoms with Gasteiger partial charge in [-0.25, -0.2) is 9.13 Å². The molecule has 0 radical (unpaired) electrons. The summed E-state index contributed by atoms with van der Waals surface area (Å²) in [6.07, 6.45) is 10.1. The third-order valence-electron chi connectivity index (χ3n) is 4.46. The fourth-order valence-corrected chi connectivity index (χ4v) is 2.70. The molecular weight excluding hydrogens is 500 g/mol. The maximum Gasteiger partial charge on any atom is 0.169 e. The van der Waals surface area contributed by atoms with Crippen molar-refractivity contribution in [3.63, 3.8) is 0 Å². The lowest BCUT2D eigenvalue weighted by atomic mass is 10.1. The fourth-order valence-electron chi connectivity index (χ4n) is 2.70. The number of aromatic nitrogens is 2. The fraction of sp³-hybridized carbons (Fsp3) is 0.231. The van der Waals surface area contributed by atoms with E-state index >= 15 is 0 Å². The maximum absolute atomic E-state index is 3.25. The number of nitrogens with zero attached hydrogens (tertiary/aromatic N) is 2. The van der Waals surface area contributed by atoms with E-state index in [2.05, 4.69) is 95.7 Å². The van der Waals surface area contributed by atoms with E-state index in [4.69, 9.17) is 0 Å². The zero-order valence-corrected chi connectivity index (χ0v) is 20.6. The standard InChI is InChI=1S/C26H26N2.2BrH/c1-23-13-19-27(20-14-23)17-5-3-7-25-9-11-26(12-10-25)8-4-6-18-28-21-15-24(2)16-22-28;;/h9-16,19-22H,5-6,17-18H2,1-2H3;2*1H/q+2;;/p-2. The van der Waals surface area contributed by atoms with E-state index in [0.717, 1.165) is 37.1 Å². The van der Waals surface area contributed by atoms with Gasteiger partial charge in [-0.1, -0.05) is 23.7 Å². The predicted molar refractivity (Wildman–Crippen MR) is 112 cm³/mol. The van der Waals surface area contributed by atoms with Crippen LogP contribution in [0.4, 0.5) is 0 Å². The van der Waals surface area contributed by atoms with Crippen LogP contribution in [-0.4, -0.2) is 0 Å². The Morgan fingerprint density at radius 1 is 0.567 bits per heavy atom. The summed E-state index contributed by atoms with van der Waals surface area (Å²) in [6, 6.07) is 16.7. The van der Waals surface area contributed by atoms with E-state index in [1.807, 2.05) is 24.3 Å². The Bertz CT molecular complexity index is 931. The van der Waals surface area contributed by atoms with Gasteiger partial charge in [-0.3, -0.25) is 0 Å². The minimum Gasteiger partial charge on any atom is -1.00 e. The SMILES string of the molecule is Cc1cc[n+](CCC#Cc2ccc(C#CCC[n+]3ccc(C)cc3)cc2)cc1.[Br-].[Br-]. The lowest BCUT2D eigenvalue weighted by molar-refractivity contribution is -0.696. The molecule has 0 bridgehead atoms. The Hall–Kier alpha value is -2.40. The third kappa shape index (κ3) is 8.95. The predicted octanol–water partition coefficient (Wildman–Crippen LogP) is -2.23. The molecule has 2 aromatic heterocycles. The molecule has 1 aromatic carbocycles. The average Bonchev–Trinajstić information content (AvgIpc) is 2.72. The number of pyridine rings is 2. The van der Waals surface area contributed by atoms with Gasteiger partial charge in [0.25, 0.3) is 0 Å². The number of aryl methyl sites for hydroxylation is 4. The van der Waals surface area contributed by atoms with Crippen LogP contribution in [0.25, 0.3) is 0 Å². The highest BCUT2D eigenvalue weighted by molar-refractivity contribution is 5.41.